The third kappa shape index (κ3) is 22.2. The molecular formula is C24H52N6O3. The molecule has 2 amide bonds. The first-order valence-electron chi connectivity index (χ1n) is 12.5. The van der Waals surface area contributed by atoms with Crippen molar-refractivity contribution in [1.82, 2.24) is 30.9 Å². The van der Waals surface area contributed by atoms with Crippen molar-refractivity contribution >= 4 is 12.0 Å². The molecule has 0 saturated carbocycles. The zero-order chi connectivity index (χ0) is 25.1. The standard InChI is InChI=1S/C24H52N6O3/c1-24(2,3)33-23(32)27-26-22(31)14-12-20-29(6)18-10-8-16-28(5)17-9-11-19-30(7)21-13-15-25-4/h25H,8-21H2,1-7H3,(H,26,31)(H,27,32). The largest absolute Gasteiger partial charge is 0.443 e. The summed E-state index contributed by atoms with van der Waals surface area (Å²) in [5, 5.41) is 3.20. The molecule has 0 spiro atoms. The van der Waals surface area contributed by atoms with Crippen molar-refractivity contribution in [2.45, 2.75) is 71.3 Å². The van der Waals surface area contributed by atoms with Gasteiger partial charge in [-0.1, -0.05) is 0 Å². The van der Waals surface area contributed by atoms with Gasteiger partial charge in [-0.2, -0.15) is 0 Å². The van der Waals surface area contributed by atoms with Crippen LogP contribution in [-0.2, 0) is 9.53 Å². The van der Waals surface area contributed by atoms with Crippen molar-refractivity contribution < 1.29 is 14.3 Å². The van der Waals surface area contributed by atoms with Gasteiger partial charge in [0.1, 0.15) is 5.60 Å². The molecule has 0 heterocycles. The second-order valence-electron chi connectivity index (χ2n) is 10.1. The number of carbonyl (C=O) groups excluding carboxylic acids is 2. The highest BCUT2D eigenvalue weighted by molar-refractivity contribution is 5.79. The lowest BCUT2D eigenvalue weighted by Gasteiger charge is -2.20. The highest BCUT2D eigenvalue weighted by Crippen LogP contribution is 2.06. The quantitative estimate of drug-likeness (QED) is 0.208. The first kappa shape index (κ1) is 31.6. The van der Waals surface area contributed by atoms with Crippen molar-refractivity contribution in [3.63, 3.8) is 0 Å². The summed E-state index contributed by atoms with van der Waals surface area (Å²) >= 11 is 0. The smallest absolute Gasteiger partial charge is 0.426 e. The van der Waals surface area contributed by atoms with Crippen LogP contribution in [0.5, 0.6) is 0 Å². The number of hydrazine groups is 1. The molecule has 0 unspecified atom stereocenters. The Labute approximate surface area is 202 Å². The Morgan fingerprint density at radius 3 is 1.55 bits per heavy atom. The lowest BCUT2D eigenvalue weighted by molar-refractivity contribution is -0.122. The van der Waals surface area contributed by atoms with Crippen molar-refractivity contribution in [3.8, 4) is 0 Å². The van der Waals surface area contributed by atoms with Crippen molar-refractivity contribution in [2.24, 2.45) is 0 Å². The summed E-state index contributed by atoms with van der Waals surface area (Å²) in [4.78, 5) is 30.5. The van der Waals surface area contributed by atoms with E-state index in [4.69, 9.17) is 4.74 Å². The molecule has 0 aliphatic carbocycles. The van der Waals surface area contributed by atoms with Gasteiger partial charge in [0, 0.05) is 6.42 Å². The molecule has 33 heavy (non-hydrogen) atoms. The number of amides is 2. The minimum Gasteiger partial charge on any atom is -0.443 e. The second kappa shape index (κ2) is 18.9. The highest BCUT2D eigenvalue weighted by Gasteiger charge is 2.16. The van der Waals surface area contributed by atoms with E-state index in [0.717, 1.165) is 52.1 Å². The van der Waals surface area contributed by atoms with Crippen LogP contribution in [0.25, 0.3) is 0 Å². The summed E-state index contributed by atoms with van der Waals surface area (Å²) < 4.78 is 5.08. The molecule has 0 atom stereocenters. The van der Waals surface area contributed by atoms with Gasteiger partial charge in [0.25, 0.3) is 0 Å². The van der Waals surface area contributed by atoms with Gasteiger partial charge in [0.15, 0.2) is 0 Å². The Hall–Kier alpha value is -1.42. The van der Waals surface area contributed by atoms with Gasteiger partial charge < -0.3 is 24.8 Å². The fraction of sp³-hybridized carbons (Fsp3) is 0.917. The van der Waals surface area contributed by atoms with E-state index in [2.05, 4.69) is 52.0 Å². The minimum absolute atomic E-state index is 0.208. The van der Waals surface area contributed by atoms with Gasteiger partial charge in [-0.3, -0.25) is 10.2 Å². The van der Waals surface area contributed by atoms with Crippen molar-refractivity contribution in [2.75, 3.05) is 74.0 Å². The molecule has 3 N–H and O–H groups in total. The van der Waals surface area contributed by atoms with E-state index in [9.17, 15) is 9.59 Å². The van der Waals surface area contributed by atoms with Crippen LogP contribution >= 0.6 is 0 Å². The predicted octanol–water partition coefficient (Wildman–Crippen LogP) is 2.29. The second-order valence-corrected chi connectivity index (χ2v) is 10.1. The van der Waals surface area contributed by atoms with E-state index < -0.39 is 11.7 Å². The van der Waals surface area contributed by atoms with Crippen molar-refractivity contribution in [1.29, 1.82) is 0 Å². The third-order valence-electron chi connectivity index (χ3n) is 5.27. The first-order chi connectivity index (χ1) is 15.5. The van der Waals surface area contributed by atoms with Crippen molar-refractivity contribution in [3.05, 3.63) is 0 Å². The first-order valence-corrected chi connectivity index (χ1v) is 12.5. The molecule has 0 aliphatic rings. The molecule has 0 aromatic heterocycles. The number of carbonyl (C=O) groups is 2. The number of rotatable bonds is 18. The normalized spacial score (nSPS) is 11.9. The SMILES string of the molecule is CNCCCN(C)CCCCN(C)CCCCN(C)CCCC(=O)NNC(=O)OC(C)(C)C. The monoisotopic (exact) mass is 472 g/mol. The van der Waals surface area contributed by atoms with E-state index in [-0.39, 0.29) is 5.91 Å². The maximum atomic E-state index is 11.8. The Kier molecular flexibility index (Phi) is 18.1. The number of unbranched alkanes of at least 4 members (excludes halogenated alkanes) is 2. The highest BCUT2D eigenvalue weighted by atomic mass is 16.6. The Morgan fingerprint density at radius 2 is 1.12 bits per heavy atom. The molecular weight excluding hydrogens is 420 g/mol. The molecule has 0 saturated heterocycles. The molecule has 9 heteroatoms. The van der Waals surface area contributed by atoms with Crippen LogP contribution in [-0.4, -0.2) is 106 Å². The van der Waals surface area contributed by atoms with Crippen LogP contribution in [0.2, 0.25) is 0 Å². The zero-order valence-corrected chi connectivity index (χ0v) is 22.5. The molecule has 0 bridgehead atoms. The third-order valence-corrected chi connectivity index (χ3v) is 5.27. The Balaban J connectivity index is 3.63. The summed E-state index contributed by atoms with van der Waals surface area (Å²) in [6.45, 7) is 12.9. The molecule has 0 radical (unpaired) electrons. The van der Waals surface area contributed by atoms with Gasteiger partial charge in [0.2, 0.25) is 5.91 Å². The molecule has 0 rings (SSSR count). The maximum absolute atomic E-state index is 11.8. The summed E-state index contributed by atoms with van der Waals surface area (Å²) in [6, 6.07) is 0. The van der Waals surface area contributed by atoms with Crippen LogP contribution in [0, 0.1) is 0 Å². The zero-order valence-electron chi connectivity index (χ0n) is 22.5. The molecule has 0 aromatic rings. The number of hydrogen-bond acceptors (Lipinski definition) is 7. The van der Waals surface area contributed by atoms with E-state index >= 15 is 0 Å². The summed E-state index contributed by atoms with van der Waals surface area (Å²) in [6.07, 6.45) is 6.52. The Bertz CT molecular complexity index is 513. The average molecular weight is 473 g/mol. The van der Waals surface area contributed by atoms with Crippen LogP contribution in [0.1, 0.15) is 65.7 Å². The molecule has 0 fully saturated rings. The fourth-order valence-corrected chi connectivity index (χ4v) is 3.38. The van der Waals surface area contributed by atoms with E-state index in [0.29, 0.717) is 6.42 Å². The number of ether oxygens (including phenoxy) is 1. The molecule has 196 valence electrons. The lowest BCUT2D eigenvalue weighted by Crippen LogP contribution is -2.44. The fourth-order valence-electron chi connectivity index (χ4n) is 3.38. The summed E-state index contributed by atoms with van der Waals surface area (Å²) in [5.74, 6) is -0.208. The van der Waals surface area contributed by atoms with Gasteiger partial charge in [-0.05, 0) is 133 Å². The maximum Gasteiger partial charge on any atom is 0.426 e. The number of nitrogens with zero attached hydrogens (tertiary/aromatic N) is 3. The van der Waals surface area contributed by atoms with Crippen LogP contribution in [0.3, 0.4) is 0 Å². The van der Waals surface area contributed by atoms with Crippen LogP contribution < -0.4 is 16.2 Å². The molecule has 9 nitrogen and oxygen atoms in total. The van der Waals surface area contributed by atoms with Gasteiger partial charge >= 0.3 is 6.09 Å². The van der Waals surface area contributed by atoms with Crippen LogP contribution in [0.4, 0.5) is 4.79 Å². The summed E-state index contributed by atoms with van der Waals surface area (Å²) in [5.41, 5.74) is 4.08. The van der Waals surface area contributed by atoms with Gasteiger partial charge in [-0.25, -0.2) is 10.2 Å². The molecule has 0 aliphatic heterocycles. The van der Waals surface area contributed by atoms with E-state index in [1.807, 2.05) is 7.05 Å². The number of hydrogen-bond donors (Lipinski definition) is 3. The van der Waals surface area contributed by atoms with E-state index in [1.54, 1.807) is 20.8 Å². The topological polar surface area (TPSA) is 89.2 Å². The average Bonchev–Trinajstić information content (AvgIpc) is 2.72. The summed E-state index contributed by atoms with van der Waals surface area (Å²) in [7, 11) is 8.52. The lowest BCUT2D eigenvalue weighted by atomic mass is 10.2. The van der Waals surface area contributed by atoms with Gasteiger partial charge in [-0.15, -0.1) is 0 Å². The van der Waals surface area contributed by atoms with Crippen LogP contribution in [0.15, 0.2) is 0 Å². The molecule has 0 aromatic carbocycles. The van der Waals surface area contributed by atoms with E-state index in [1.165, 1.54) is 32.2 Å². The predicted molar refractivity (Wildman–Crippen MR) is 136 cm³/mol. The van der Waals surface area contributed by atoms with Gasteiger partial charge in [0.05, 0.1) is 0 Å². The minimum atomic E-state index is -0.648. The Morgan fingerprint density at radius 1 is 0.697 bits per heavy atom. The number of nitrogens with one attached hydrogen (secondary N) is 3.